The minimum Gasteiger partial charge on any atom is -0.352 e. The van der Waals surface area contributed by atoms with Crippen LogP contribution in [0.3, 0.4) is 0 Å². The maximum atomic E-state index is 12.0. The van der Waals surface area contributed by atoms with Gasteiger partial charge in [0, 0.05) is 31.6 Å². The van der Waals surface area contributed by atoms with E-state index < -0.39 is 0 Å². The zero-order valence-electron chi connectivity index (χ0n) is 14.4. The van der Waals surface area contributed by atoms with Crippen LogP contribution in [0.2, 0.25) is 0 Å². The third kappa shape index (κ3) is 4.92. The fraction of sp³-hybridized carbons (Fsp3) is 0.333. The second-order valence-corrected chi connectivity index (χ2v) is 6.43. The van der Waals surface area contributed by atoms with E-state index in [1.54, 1.807) is 0 Å². The Balaban J connectivity index is 1.40. The van der Waals surface area contributed by atoms with Crippen LogP contribution in [0.4, 0.5) is 5.69 Å². The van der Waals surface area contributed by atoms with Gasteiger partial charge in [0.25, 0.3) is 0 Å². The van der Waals surface area contributed by atoms with Gasteiger partial charge in [0.15, 0.2) is 0 Å². The van der Waals surface area contributed by atoms with Crippen LogP contribution in [-0.4, -0.2) is 18.4 Å². The largest absolute Gasteiger partial charge is 0.352 e. The lowest BCUT2D eigenvalue weighted by atomic mass is 10.1. The summed E-state index contributed by atoms with van der Waals surface area (Å²) in [5, 5.41) is 2.96. The Kier molecular flexibility index (Phi) is 5.83. The number of benzene rings is 2. The molecule has 25 heavy (non-hydrogen) atoms. The molecule has 4 nitrogen and oxygen atoms in total. The van der Waals surface area contributed by atoms with Crippen LogP contribution in [0, 0.1) is 0 Å². The first-order valence-electron chi connectivity index (χ1n) is 8.92. The Morgan fingerprint density at radius 3 is 2.44 bits per heavy atom. The molecular formula is C21H24N2O2. The third-order valence-corrected chi connectivity index (χ3v) is 4.52. The van der Waals surface area contributed by atoms with Crippen LogP contribution in [0.5, 0.6) is 0 Å². The van der Waals surface area contributed by atoms with Gasteiger partial charge in [-0.25, -0.2) is 0 Å². The molecule has 1 saturated heterocycles. The molecule has 0 bridgehead atoms. The number of nitrogens with one attached hydrogen (secondary N) is 1. The maximum Gasteiger partial charge on any atom is 0.227 e. The Hall–Kier alpha value is -2.62. The van der Waals surface area contributed by atoms with Crippen molar-refractivity contribution in [2.24, 2.45) is 0 Å². The van der Waals surface area contributed by atoms with Gasteiger partial charge in [0.05, 0.1) is 0 Å². The molecule has 0 aliphatic carbocycles. The predicted molar refractivity (Wildman–Crippen MR) is 99.3 cm³/mol. The number of anilines is 1. The van der Waals surface area contributed by atoms with Crippen LogP contribution in [0.15, 0.2) is 54.6 Å². The predicted octanol–water partition coefficient (Wildman–Crippen LogP) is 3.45. The third-order valence-electron chi connectivity index (χ3n) is 4.52. The Morgan fingerprint density at radius 2 is 1.76 bits per heavy atom. The van der Waals surface area contributed by atoms with Crippen molar-refractivity contribution in [1.29, 1.82) is 0 Å². The van der Waals surface area contributed by atoms with Crippen molar-refractivity contribution < 1.29 is 9.59 Å². The lowest BCUT2D eigenvalue weighted by molar-refractivity contribution is -0.121. The van der Waals surface area contributed by atoms with Crippen LogP contribution < -0.4 is 10.2 Å². The van der Waals surface area contributed by atoms with Gasteiger partial charge in [-0.1, -0.05) is 42.5 Å². The van der Waals surface area contributed by atoms with Crippen LogP contribution in [-0.2, 0) is 22.6 Å². The van der Waals surface area contributed by atoms with E-state index in [0.717, 1.165) is 37.1 Å². The first kappa shape index (κ1) is 17.2. The molecule has 2 amide bonds. The van der Waals surface area contributed by atoms with Crippen molar-refractivity contribution in [1.82, 2.24) is 5.32 Å². The van der Waals surface area contributed by atoms with Gasteiger partial charge in [-0.3, -0.25) is 9.59 Å². The van der Waals surface area contributed by atoms with E-state index in [0.29, 0.717) is 19.4 Å². The maximum absolute atomic E-state index is 12.0. The number of hydrogen-bond acceptors (Lipinski definition) is 2. The fourth-order valence-electron chi connectivity index (χ4n) is 3.10. The first-order valence-corrected chi connectivity index (χ1v) is 8.92. The van der Waals surface area contributed by atoms with Gasteiger partial charge in [-0.2, -0.15) is 0 Å². The summed E-state index contributed by atoms with van der Waals surface area (Å²) in [5.74, 6) is 0.272. The second kappa shape index (κ2) is 8.47. The molecule has 3 rings (SSSR count). The molecule has 1 aliphatic heterocycles. The molecule has 1 aliphatic rings. The Morgan fingerprint density at radius 1 is 1.00 bits per heavy atom. The summed E-state index contributed by atoms with van der Waals surface area (Å²) in [6.45, 7) is 1.33. The molecule has 2 aromatic rings. The summed E-state index contributed by atoms with van der Waals surface area (Å²) in [6, 6.07) is 18.1. The van der Waals surface area contributed by atoms with Crippen molar-refractivity contribution in [2.45, 2.75) is 38.6 Å². The average Bonchev–Trinajstić information content (AvgIpc) is 3.07. The number of hydrogen-bond donors (Lipinski definition) is 1. The van der Waals surface area contributed by atoms with E-state index in [4.69, 9.17) is 0 Å². The van der Waals surface area contributed by atoms with Crippen LogP contribution >= 0.6 is 0 Å². The lowest BCUT2D eigenvalue weighted by Crippen LogP contribution is -2.24. The zero-order valence-corrected chi connectivity index (χ0v) is 14.4. The summed E-state index contributed by atoms with van der Waals surface area (Å²) in [7, 11) is 0. The molecule has 4 heteroatoms. The number of nitrogens with zero attached hydrogens (tertiary/aromatic N) is 1. The van der Waals surface area contributed by atoms with Crippen molar-refractivity contribution in [3.63, 3.8) is 0 Å². The number of carbonyl (C=O) groups excluding carboxylic acids is 2. The molecule has 1 N–H and O–H groups in total. The standard InChI is InChI=1S/C21H24N2O2/c24-20(9-4-8-17-6-2-1-3-7-17)22-16-18-11-13-19(14-12-18)23-15-5-10-21(23)25/h1-3,6-7,11-14H,4-5,8-10,15-16H2,(H,22,24). The van der Waals surface area contributed by atoms with E-state index in [2.05, 4.69) is 17.4 Å². The molecule has 130 valence electrons. The first-order chi connectivity index (χ1) is 12.2. The number of amides is 2. The molecule has 0 radical (unpaired) electrons. The number of rotatable bonds is 7. The highest BCUT2D eigenvalue weighted by Crippen LogP contribution is 2.21. The molecule has 1 fully saturated rings. The van der Waals surface area contributed by atoms with E-state index in [9.17, 15) is 9.59 Å². The monoisotopic (exact) mass is 336 g/mol. The molecule has 0 saturated carbocycles. The fourth-order valence-corrected chi connectivity index (χ4v) is 3.10. The van der Waals surface area contributed by atoms with Gasteiger partial charge in [0.1, 0.15) is 0 Å². The second-order valence-electron chi connectivity index (χ2n) is 6.43. The highest BCUT2D eigenvalue weighted by molar-refractivity contribution is 5.95. The molecule has 0 unspecified atom stereocenters. The summed E-state index contributed by atoms with van der Waals surface area (Å²) in [4.78, 5) is 25.5. The topological polar surface area (TPSA) is 49.4 Å². The minimum atomic E-state index is 0.0785. The van der Waals surface area contributed by atoms with Gasteiger partial charge >= 0.3 is 0 Å². The highest BCUT2D eigenvalue weighted by atomic mass is 16.2. The number of carbonyl (C=O) groups is 2. The summed E-state index contributed by atoms with van der Waals surface area (Å²) < 4.78 is 0. The zero-order chi connectivity index (χ0) is 17.5. The molecule has 2 aromatic carbocycles. The smallest absolute Gasteiger partial charge is 0.227 e. The molecule has 0 spiro atoms. The van der Waals surface area contributed by atoms with Crippen molar-refractivity contribution in [3.05, 3.63) is 65.7 Å². The van der Waals surface area contributed by atoms with Crippen LogP contribution in [0.1, 0.15) is 36.8 Å². The normalized spacial score (nSPS) is 13.9. The van der Waals surface area contributed by atoms with E-state index in [-0.39, 0.29) is 11.8 Å². The highest BCUT2D eigenvalue weighted by Gasteiger charge is 2.21. The molecule has 0 atom stereocenters. The average molecular weight is 336 g/mol. The Bertz CT molecular complexity index is 710. The molecule has 0 aromatic heterocycles. The van der Waals surface area contributed by atoms with Crippen molar-refractivity contribution in [2.75, 3.05) is 11.4 Å². The quantitative estimate of drug-likeness (QED) is 0.842. The lowest BCUT2D eigenvalue weighted by Gasteiger charge is -2.16. The van der Waals surface area contributed by atoms with Crippen LogP contribution in [0.25, 0.3) is 0 Å². The summed E-state index contributed by atoms with van der Waals surface area (Å²) >= 11 is 0. The molecular weight excluding hydrogens is 312 g/mol. The van der Waals surface area contributed by atoms with Gasteiger partial charge in [0.2, 0.25) is 11.8 Å². The van der Waals surface area contributed by atoms with E-state index in [1.807, 2.05) is 47.4 Å². The van der Waals surface area contributed by atoms with Gasteiger partial charge in [-0.05, 0) is 42.5 Å². The van der Waals surface area contributed by atoms with Gasteiger partial charge < -0.3 is 10.2 Å². The number of aryl methyl sites for hydroxylation is 1. The van der Waals surface area contributed by atoms with E-state index >= 15 is 0 Å². The Labute approximate surface area is 148 Å². The summed E-state index contributed by atoms with van der Waals surface area (Å²) in [6.07, 6.45) is 3.88. The SMILES string of the molecule is O=C(CCCc1ccccc1)NCc1ccc(N2CCCC2=O)cc1. The molecule has 1 heterocycles. The van der Waals surface area contributed by atoms with Gasteiger partial charge in [-0.15, -0.1) is 0 Å². The van der Waals surface area contributed by atoms with Crippen molar-refractivity contribution >= 4 is 17.5 Å². The van der Waals surface area contributed by atoms with Crippen molar-refractivity contribution in [3.8, 4) is 0 Å². The minimum absolute atomic E-state index is 0.0785. The summed E-state index contributed by atoms with van der Waals surface area (Å²) in [5.41, 5.74) is 3.26. The van der Waals surface area contributed by atoms with E-state index in [1.165, 1.54) is 5.56 Å².